The van der Waals surface area contributed by atoms with Crippen molar-refractivity contribution in [2.75, 3.05) is 6.54 Å². The fourth-order valence-corrected chi connectivity index (χ4v) is 1.72. The van der Waals surface area contributed by atoms with Gasteiger partial charge in [-0.3, -0.25) is 5.10 Å². The zero-order valence-electron chi connectivity index (χ0n) is 8.01. The van der Waals surface area contributed by atoms with E-state index in [1.807, 2.05) is 0 Å². The molecule has 1 aromatic heterocycles. The first-order chi connectivity index (χ1) is 6.40. The lowest BCUT2D eigenvalue weighted by Gasteiger charge is -2.02. The van der Waals surface area contributed by atoms with E-state index >= 15 is 0 Å². The van der Waals surface area contributed by atoms with Gasteiger partial charge in [0.05, 0.1) is 6.04 Å². The Morgan fingerprint density at radius 3 is 3.15 bits per heavy atom. The topological polar surface area (TPSA) is 53.6 Å². The number of aromatic amines is 1. The Labute approximate surface area is 78.1 Å². The van der Waals surface area contributed by atoms with E-state index in [1.165, 1.54) is 12.8 Å². The second-order valence-corrected chi connectivity index (χ2v) is 3.54. The molecule has 1 aliphatic rings. The highest BCUT2D eigenvalue weighted by Gasteiger charge is 2.19. The minimum Gasteiger partial charge on any atom is -0.307 e. The summed E-state index contributed by atoms with van der Waals surface area (Å²) >= 11 is 0. The third-order valence-electron chi connectivity index (χ3n) is 2.41. The first-order valence-corrected chi connectivity index (χ1v) is 5.04. The number of H-pyrrole nitrogens is 1. The Hall–Kier alpha value is -0.900. The summed E-state index contributed by atoms with van der Waals surface area (Å²) in [5.74, 6) is 1.96. The molecule has 1 aromatic rings. The van der Waals surface area contributed by atoms with Crippen LogP contribution in [0.2, 0.25) is 0 Å². The lowest BCUT2D eigenvalue weighted by atomic mass is 10.2. The number of hydrogen-bond donors (Lipinski definition) is 2. The quantitative estimate of drug-likeness (QED) is 0.734. The molecule has 0 saturated carbocycles. The Kier molecular flexibility index (Phi) is 2.59. The number of aromatic nitrogens is 3. The maximum atomic E-state index is 4.45. The van der Waals surface area contributed by atoms with Crippen molar-refractivity contribution in [2.45, 2.75) is 38.6 Å². The van der Waals surface area contributed by atoms with Gasteiger partial charge in [0, 0.05) is 6.42 Å². The van der Waals surface area contributed by atoms with Gasteiger partial charge < -0.3 is 5.32 Å². The molecule has 0 radical (unpaired) electrons. The maximum absolute atomic E-state index is 4.45. The molecular formula is C9H16N4. The monoisotopic (exact) mass is 180 g/mol. The Balaban J connectivity index is 2.03. The van der Waals surface area contributed by atoms with Gasteiger partial charge in [-0.15, -0.1) is 0 Å². The summed E-state index contributed by atoms with van der Waals surface area (Å²) in [7, 11) is 0. The standard InChI is InChI=1S/C9H16N4/c1-2-4-8-11-9(13-12-8)7-5-3-6-10-7/h7,10H,2-6H2,1H3,(H,11,12,13). The van der Waals surface area contributed by atoms with Crippen molar-refractivity contribution in [3.05, 3.63) is 11.6 Å². The highest BCUT2D eigenvalue weighted by Crippen LogP contribution is 2.19. The third kappa shape index (κ3) is 1.88. The number of hydrogen-bond acceptors (Lipinski definition) is 3. The van der Waals surface area contributed by atoms with Crippen LogP contribution >= 0.6 is 0 Å². The van der Waals surface area contributed by atoms with E-state index in [0.29, 0.717) is 6.04 Å². The average Bonchev–Trinajstić information content (AvgIpc) is 2.70. The van der Waals surface area contributed by atoms with Gasteiger partial charge in [-0.25, -0.2) is 4.98 Å². The summed E-state index contributed by atoms with van der Waals surface area (Å²) in [6, 6.07) is 0.391. The van der Waals surface area contributed by atoms with Gasteiger partial charge in [0.2, 0.25) is 0 Å². The summed E-state index contributed by atoms with van der Waals surface area (Å²) in [6.07, 6.45) is 4.53. The highest BCUT2D eigenvalue weighted by molar-refractivity contribution is 4.98. The molecule has 4 heteroatoms. The van der Waals surface area contributed by atoms with Crippen LogP contribution in [0.3, 0.4) is 0 Å². The lowest BCUT2D eigenvalue weighted by molar-refractivity contribution is 0.607. The summed E-state index contributed by atoms with van der Waals surface area (Å²) in [5, 5.41) is 10.6. The number of rotatable bonds is 3. The van der Waals surface area contributed by atoms with Gasteiger partial charge >= 0.3 is 0 Å². The van der Waals surface area contributed by atoms with E-state index < -0.39 is 0 Å². The number of nitrogens with zero attached hydrogens (tertiary/aromatic N) is 2. The predicted molar refractivity (Wildman–Crippen MR) is 50.4 cm³/mol. The van der Waals surface area contributed by atoms with Crippen molar-refractivity contribution < 1.29 is 0 Å². The van der Waals surface area contributed by atoms with Crippen LogP contribution in [-0.4, -0.2) is 21.7 Å². The Bertz CT molecular complexity index is 262. The summed E-state index contributed by atoms with van der Waals surface area (Å²) in [6.45, 7) is 3.25. The second kappa shape index (κ2) is 3.87. The maximum Gasteiger partial charge on any atom is 0.167 e. The number of aryl methyl sites for hydroxylation is 1. The fourth-order valence-electron chi connectivity index (χ4n) is 1.72. The van der Waals surface area contributed by atoms with Crippen LogP contribution < -0.4 is 5.32 Å². The molecule has 2 N–H and O–H groups in total. The van der Waals surface area contributed by atoms with Gasteiger partial charge in [-0.05, 0) is 25.8 Å². The van der Waals surface area contributed by atoms with Crippen LogP contribution in [0.5, 0.6) is 0 Å². The first kappa shape index (κ1) is 8.69. The van der Waals surface area contributed by atoms with Crippen LogP contribution in [0, 0.1) is 0 Å². The Morgan fingerprint density at radius 2 is 2.46 bits per heavy atom. The van der Waals surface area contributed by atoms with E-state index in [2.05, 4.69) is 27.4 Å². The fraction of sp³-hybridized carbons (Fsp3) is 0.778. The molecule has 0 spiro atoms. The summed E-state index contributed by atoms with van der Waals surface area (Å²) in [4.78, 5) is 4.45. The molecule has 1 atom stereocenters. The van der Waals surface area contributed by atoms with Gasteiger partial charge in [0.1, 0.15) is 5.82 Å². The molecule has 0 bridgehead atoms. The molecular weight excluding hydrogens is 164 g/mol. The zero-order chi connectivity index (χ0) is 9.10. The molecule has 72 valence electrons. The molecule has 13 heavy (non-hydrogen) atoms. The van der Waals surface area contributed by atoms with E-state index in [1.54, 1.807) is 0 Å². The average molecular weight is 180 g/mol. The van der Waals surface area contributed by atoms with E-state index in [4.69, 9.17) is 0 Å². The normalized spacial score (nSPS) is 22.4. The zero-order valence-corrected chi connectivity index (χ0v) is 8.01. The molecule has 1 fully saturated rings. The van der Waals surface area contributed by atoms with Crippen molar-refractivity contribution in [3.8, 4) is 0 Å². The molecule has 2 rings (SSSR count). The van der Waals surface area contributed by atoms with Gasteiger partial charge in [-0.2, -0.15) is 5.10 Å². The molecule has 1 unspecified atom stereocenters. The minimum absolute atomic E-state index is 0.391. The van der Waals surface area contributed by atoms with Gasteiger partial charge in [-0.1, -0.05) is 6.92 Å². The van der Waals surface area contributed by atoms with Crippen molar-refractivity contribution in [1.29, 1.82) is 0 Å². The molecule has 1 saturated heterocycles. The third-order valence-corrected chi connectivity index (χ3v) is 2.41. The SMILES string of the molecule is CCCc1nc(C2CCCN2)n[nH]1. The smallest absolute Gasteiger partial charge is 0.167 e. The molecule has 0 aromatic carbocycles. The molecule has 0 aliphatic carbocycles. The van der Waals surface area contributed by atoms with Crippen molar-refractivity contribution in [1.82, 2.24) is 20.5 Å². The van der Waals surface area contributed by atoms with Crippen LogP contribution in [0.15, 0.2) is 0 Å². The summed E-state index contributed by atoms with van der Waals surface area (Å²) in [5.41, 5.74) is 0. The van der Waals surface area contributed by atoms with Crippen molar-refractivity contribution >= 4 is 0 Å². The molecule has 4 nitrogen and oxygen atoms in total. The van der Waals surface area contributed by atoms with Crippen LogP contribution in [0.25, 0.3) is 0 Å². The van der Waals surface area contributed by atoms with Crippen LogP contribution in [0.4, 0.5) is 0 Å². The predicted octanol–water partition coefficient (Wildman–Crippen LogP) is 1.18. The van der Waals surface area contributed by atoms with E-state index in [9.17, 15) is 0 Å². The first-order valence-electron chi connectivity index (χ1n) is 5.04. The molecule has 1 aliphatic heterocycles. The van der Waals surface area contributed by atoms with Crippen LogP contribution in [-0.2, 0) is 6.42 Å². The summed E-state index contributed by atoms with van der Waals surface area (Å²) < 4.78 is 0. The van der Waals surface area contributed by atoms with Gasteiger partial charge in [0.15, 0.2) is 5.82 Å². The Morgan fingerprint density at radius 1 is 1.54 bits per heavy atom. The van der Waals surface area contributed by atoms with E-state index in [-0.39, 0.29) is 0 Å². The highest BCUT2D eigenvalue weighted by atomic mass is 15.2. The second-order valence-electron chi connectivity index (χ2n) is 3.54. The van der Waals surface area contributed by atoms with Crippen LogP contribution in [0.1, 0.15) is 43.9 Å². The van der Waals surface area contributed by atoms with Gasteiger partial charge in [0.25, 0.3) is 0 Å². The molecule has 2 heterocycles. The largest absolute Gasteiger partial charge is 0.307 e. The van der Waals surface area contributed by atoms with E-state index in [0.717, 1.165) is 31.0 Å². The van der Waals surface area contributed by atoms with Crippen molar-refractivity contribution in [3.63, 3.8) is 0 Å². The number of nitrogens with one attached hydrogen (secondary N) is 2. The minimum atomic E-state index is 0.391. The van der Waals surface area contributed by atoms with Crippen molar-refractivity contribution in [2.24, 2.45) is 0 Å². The lowest BCUT2D eigenvalue weighted by Crippen LogP contribution is -2.14. The molecule has 0 amide bonds.